The van der Waals surface area contributed by atoms with Gasteiger partial charge in [-0.25, -0.2) is 0 Å². The summed E-state index contributed by atoms with van der Waals surface area (Å²) in [5, 5.41) is 8.84. The van der Waals surface area contributed by atoms with Crippen molar-refractivity contribution < 1.29 is 9.90 Å². The Morgan fingerprint density at radius 3 is 2.76 bits per heavy atom. The Morgan fingerprint density at radius 2 is 2.18 bits per heavy atom. The van der Waals surface area contributed by atoms with E-state index < -0.39 is 0 Å². The minimum Gasteiger partial charge on any atom is -0.399 e. The molecule has 0 aliphatic heterocycles. The molecule has 0 aromatic heterocycles. The van der Waals surface area contributed by atoms with Crippen LogP contribution in [0.5, 0.6) is 0 Å². The lowest BCUT2D eigenvalue weighted by molar-refractivity contribution is 0.0959. The lowest BCUT2D eigenvalue weighted by Crippen LogP contribution is -2.29. The van der Waals surface area contributed by atoms with E-state index in [4.69, 9.17) is 10.8 Å². The number of benzene rings is 1. The lowest BCUT2D eigenvalue weighted by Gasteiger charge is -2.18. The van der Waals surface area contributed by atoms with Crippen molar-refractivity contribution in [3.05, 3.63) is 29.8 Å². The zero-order chi connectivity index (χ0) is 12.7. The fourth-order valence-electron chi connectivity index (χ4n) is 1.69. The maximum absolute atomic E-state index is 11.9. The van der Waals surface area contributed by atoms with Crippen LogP contribution >= 0.6 is 0 Å². The molecule has 0 heterocycles. The van der Waals surface area contributed by atoms with Crippen molar-refractivity contribution >= 4 is 11.5 Å². The van der Waals surface area contributed by atoms with E-state index in [1.54, 1.807) is 24.3 Å². The number of Topliss-reactive ketones (excluding diaryl/α,β-unsaturated/α-hetero) is 1. The SMILES string of the molecule is CCN(CCO)CCC(=O)c1cccc(N)c1. The molecule has 94 valence electrons. The third-order valence-corrected chi connectivity index (χ3v) is 2.73. The Morgan fingerprint density at radius 1 is 1.41 bits per heavy atom. The van der Waals surface area contributed by atoms with Gasteiger partial charge in [0.15, 0.2) is 5.78 Å². The first-order valence-electron chi connectivity index (χ1n) is 5.89. The maximum Gasteiger partial charge on any atom is 0.164 e. The minimum absolute atomic E-state index is 0.0914. The number of ketones is 1. The zero-order valence-electron chi connectivity index (χ0n) is 10.2. The molecule has 0 fully saturated rings. The van der Waals surface area contributed by atoms with Gasteiger partial charge in [0.25, 0.3) is 0 Å². The second-order valence-electron chi connectivity index (χ2n) is 3.96. The fraction of sp³-hybridized carbons (Fsp3) is 0.462. The highest BCUT2D eigenvalue weighted by atomic mass is 16.3. The number of aliphatic hydroxyl groups excluding tert-OH is 1. The smallest absolute Gasteiger partial charge is 0.164 e. The predicted octanol–water partition coefficient (Wildman–Crippen LogP) is 1.16. The molecule has 17 heavy (non-hydrogen) atoms. The topological polar surface area (TPSA) is 66.6 Å². The molecule has 0 aliphatic rings. The Labute approximate surface area is 102 Å². The van der Waals surface area contributed by atoms with Crippen molar-refractivity contribution in [3.63, 3.8) is 0 Å². The van der Waals surface area contributed by atoms with E-state index in [0.717, 1.165) is 6.54 Å². The molecular weight excluding hydrogens is 216 g/mol. The first-order chi connectivity index (χ1) is 8.17. The second kappa shape index (κ2) is 7.04. The standard InChI is InChI=1S/C13H20N2O2/c1-2-15(8-9-16)7-6-13(17)11-4-3-5-12(14)10-11/h3-5,10,16H,2,6-9,14H2,1H3. The zero-order valence-corrected chi connectivity index (χ0v) is 10.2. The molecule has 1 aromatic rings. The van der Waals surface area contributed by atoms with E-state index >= 15 is 0 Å². The van der Waals surface area contributed by atoms with Crippen LogP contribution in [0.15, 0.2) is 24.3 Å². The molecule has 0 spiro atoms. The van der Waals surface area contributed by atoms with Crippen LogP contribution in [-0.2, 0) is 0 Å². The van der Waals surface area contributed by atoms with Gasteiger partial charge in [-0.3, -0.25) is 4.79 Å². The Hall–Kier alpha value is -1.39. The summed E-state index contributed by atoms with van der Waals surface area (Å²) in [5.74, 6) is 0.0914. The number of aliphatic hydroxyl groups is 1. The Balaban J connectivity index is 2.49. The van der Waals surface area contributed by atoms with Gasteiger partial charge < -0.3 is 15.7 Å². The summed E-state index contributed by atoms with van der Waals surface area (Å²) in [6.07, 6.45) is 0.456. The van der Waals surface area contributed by atoms with Gasteiger partial charge in [0.1, 0.15) is 0 Å². The summed E-state index contributed by atoms with van der Waals surface area (Å²) in [7, 11) is 0. The monoisotopic (exact) mass is 236 g/mol. The Bertz CT molecular complexity index is 366. The molecule has 3 N–H and O–H groups in total. The molecule has 0 aliphatic carbocycles. The Kier molecular flexibility index (Phi) is 5.66. The number of rotatable bonds is 7. The average Bonchev–Trinajstić information content (AvgIpc) is 2.34. The van der Waals surface area contributed by atoms with Gasteiger partial charge in [0.05, 0.1) is 6.61 Å². The highest BCUT2D eigenvalue weighted by molar-refractivity contribution is 5.96. The van der Waals surface area contributed by atoms with Crippen LogP contribution in [0.4, 0.5) is 5.69 Å². The van der Waals surface area contributed by atoms with Crippen LogP contribution in [0.1, 0.15) is 23.7 Å². The number of likely N-dealkylation sites (N-methyl/N-ethyl adjacent to an activating group) is 1. The van der Waals surface area contributed by atoms with Gasteiger partial charge in [-0.1, -0.05) is 19.1 Å². The van der Waals surface area contributed by atoms with Crippen LogP contribution in [0.3, 0.4) is 0 Å². The number of hydrogen-bond donors (Lipinski definition) is 2. The van der Waals surface area contributed by atoms with Crippen LogP contribution in [0.2, 0.25) is 0 Å². The van der Waals surface area contributed by atoms with Crippen LogP contribution in [-0.4, -0.2) is 42.0 Å². The summed E-state index contributed by atoms with van der Waals surface area (Å²) >= 11 is 0. The molecule has 0 atom stereocenters. The average molecular weight is 236 g/mol. The van der Waals surface area contributed by atoms with Crippen molar-refractivity contribution in [3.8, 4) is 0 Å². The number of nitrogens with two attached hydrogens (primary N) is 1. The first kappa shape index (κ1) is 13.7. The molecule has 0 saturated carbocycles. The lowest BCUT2D eigenvalue weighted by atomic mass is 10.1. The highest BCUT2D eigenvalue weighted by Gasteiger charge is 2.08. The molecule has 0 amide bonds. The normalized spacial score (nSPS) is 10.8. The van der Waals surface area contributed by atoms with Gasteiger partial charge in [0, 0.05) is 30.8 Å². The van der Waals surface area contributed by atoms with Gasteiger partial charge in [0.2, 0.25) is 0 Å². The quantitative estimate of drug-likeness (QED) is 0.550. The van der Waals surface area contributed by atoms with Crippen molar-refractivity contribution in [1.82, 2.24) is 4.90 Å². The molecule has 4 heteroatoms. The number of nitrogens with zero attached hydrogens (tertiary/aromatic N) is 1. The summed E-state index contributed by atoms with van der Waals surface area (Å²) in [6.45, 7) is 4.26. The van der Waals surface area contributed by atoms with E-state index in [1.165, 1.54) is 0 Å². The largest absolute Gasteiger partial charge is 0.399 e. The van der Waals surface area contributed by atoms with Gasteiger partial charge in [-0.05, 0) is 18.7 Å². The fourth-order valence-corrected chi connectivity index (χ4v) is 1.69. The molecule has 4 nitrogen and oxygen atoms in total. The first-order valence-corrected chi connectivity index (χ1v) is 5.89. The van der Waals surface area contributed by atoms with Crippen molar-refractivity contribution in [2.24, 2.45) is 0 Å². The van der Waals surface area contributed by atoms with E-state index in [9.17, 15) is 4.79 Å². The number of hydrogen-bond acceptors (Lipinski definition) is 4. The number of nitrogen functional groups attached to an aromatic ring is 1. The molecule has 0 bridgehead atoms. The molecule has 1 aromatic carbocycles. The van der Waals surface area contributed by atoms with Gasteiger partial charge in [-0.2, -0.15) is 0 Å². The van der Waals surface area contributed by atoms with Crippen LogP contribution in [0, 0.1) is 0 Å². The minimum atomic E-state index is 0.0914. The van der Waals surface area contributed by atoms with E-state index in [0.29, 0.717) is 30.8 Å². The van der Waals surface area contributed by atoms with Crippen LogP contribution < -0.4 is 5.73 Å². The maximum atomic E-state index is 11.9. The van der Waals surface area contributed by atoms with Gasteiger partial charge >= 0.3 is 0 Å². The highest BCUT2D eigenvalue weighted by Crippen LogP contribution is 2.09. The van der Waals surface area contributed by atoms with Gasteiger partial charge in [-0.15, -0.1) is 0 Å². The second-order valence-corrected chi connectivity index (χ2v) is 3.96. The summed E-state index contributed by atoms with van der Waals surface area (Å²) in [6, 6.07) is 7.03. The number of anilines is 1. The third kappa shape index (κ3) is 4.54. The van der Waals surface area contributed by atoms with Crippen molar-refractivity contribution in [1.29, 1.82) is 0 Å². The van der Waals surface area contributed by atoms with E-state index in [1.807, 2.05) is 11.8 Å². The summed E-state index contributed by atoms with van der Waals surface area (Å²) in [4.78, 5) is 13.9. The van der Waals surface area contributed by atoms with E-state index in [2.05, 4.69) is 0 Å². The molecule has 1 rings (SSSR count). The molecule has 0 unspecified atom stereocenters. The molecule has 0 radical (unpaired) electrons. The number of carbonyl (C=O) groups excluding carboxylic acids is 1. The molecular formula is C13H20N2O2. The summed E-state index contributed by atoms with van der Waals surface area (Å²) in [5.41, 5.74) is 6.90. The van der Waals surface area contributed by atoms with Crippen molar-refractivity contribution in [2.45, 2.75) is 13.3 Å². The summed E-state index contributed by atoms with van der Waals surface area (Å²) < 4.78 is 0. The third-order valence-electron chi connectivity index (χ3n) is 2.73. The predicted molar refractivity (Wildman–Crippen MR) is 69.0 cm³/mol. The van der Waals surface area contributed by atoms with Crippen LogP contribution in [0.25, 0.3) is 0 Å². The number of carbonyl (C=O) groups is 1. The van der Waals surface area contributed by atoms with Crippen molar-refractivity contribution in [2.75, 3.05) is 32.0 Å². The van der Waals surface area contributed by atoms with E-state index in [-0.39, 0.29) is 12.4 Å². The molecule has 0 saturated heterocycles.